The zero-order valence-electron chi connectivity index (χ0n) is 12.9. The van der Waals surface area contributed by atoms with Gasteiger partial charge in [0, 0.05) is 12.6 Å². The average molecular weight is 363 g/mol. The Morgan fingerprint density at radius 3 is 2.71 bits per heavy atom. The first-order chi connectivity index (χ1) is 11.6. The van der Waals surface area contributed by atoms with E-state index in [1.165, 1.54) is 0 Å². The molecular weight excluding hydrogens is 347 g/mol. The largest absolute Gasteiger partial charge is 0.494 e. The summed E-state index contributed by atoms with van der Waals surface area (Å²) in [5.41, 5.74) is 0.715. The number of rotatable bonds is 6. The van der Waals surface area contributed by atoms with E-state index in [1.54, 1.807) is 35.2 Å². The predicted molar refractivity (Wildman–Crippen MR) is 97.2 cm³/mol. The smallest absolute Gasteiger partial charge is 0.261 e. The van der Waals surface area contributed by atoms with E-state index in [0.29, 0.717) is 34.3 Å². The Balaban J connectivity index is 1.52. The number of halogens is 2. The highest BCUT2D eigenvalue weighted by molar-refractivity contribution is 6.42. The van der Waals surface area contributed by atoms with Crippen LogP contribution in [-0.4, -0.2) is 16.2 Å². The number of aromatic nitrogens is 2. The van der Waals surface area contributed by atoms with Gasteiger partial charge in [-0.25, -0.2) is 4.98 Å². The molecule has 0 aliphatic carbocycles. The van der Waals surface area contributed by atoms with Crippen molar-refractivity contribution in [2.45, 2.75) is 19.4 Å². The van der Waals surface area contributed by atoms with Gasteiger partial charge in [-0.15, -0.1) is 0 Å². The molecule has 0 aliphatic rings. The summed E-state index contributed by atoms with van der Waals surface area (Å²) in [6.07, 6.45) is 3.24. The molecular formula is C18H16Cl2N2O2. The van der Waals surface area contributed by atoms with Gasteiger partial charge in [0.15, 0.2) is 0 Å². The minimum Gasteiger partial charge on any atom is -0.494 e. The summed E-state index contributed by atoms with van der Waals surface area (Å²) in [7, 11) is 0. The minimum atomic E-state index is -0.00833. The topological polar surface area (TPSA) is 44.1 Å². The lowest BCUT2D eigenvalue weighted by Gasteiger charge is -2.08. The molecule has 0 radical (unpaired) electrons. The Bertz CT molecular complexity index is 909. The van der Waals surface area contributed by atoms with Crippen LogP contribution in [0, 0.1) is 0 Å². The van der Waals surface area contributed by atoms with Crippen molar-refractivity contribution in [2.24, 2.45) is 0 Å². The summed E-state index contributed by atoms with van der Waals surface area (Å²) in [4.78, 5) is 16.7. The van der Waals surface area contributed by atoms with Gasteiger partial charge in [-0.2, -0.15) is 0 Å². The van der Waals surface area contributed by atoms with Crippen molar-refractivity contribution in [3.05, 3.63) is 69.2 Å². The van der Waals surface area contributed by atoms with Gasteiger partial charge in [0.2, 0.25) is 0 Å². The van der Waals surface area contributed by atoms with Crippen LogP contribution in [0.15, 0.2) is 53.6 Å². The Morgan fingerprint density at radius 2 is 1.88 bits per heavy atom. The second-order valence-electron chi connectivity index (χ2n) is 5.39. The summed E-state index contributed by atoms with van der Waals surface area (Å²) in [5, 5.41) is 1.63. The molecule has 1 aromatic heterocycles. The van der Waals surface area contributed by atoms with Crippen molar-refractivity contribution < 1.29 is 4.74 Å². The van der Waals surface area contributed by atoms with Crippen LogP contribution >= 0.6 is 23.2 Å². The number of hydrogen-bond donors (Lipinski definition) is 0. The maximum atomic E-state index is 12.3. The summed E-state index contributed by atoms with van der Waals surface area (Å²) >= 11 is 11.8. The third-order valence-corrected chi connectivity index (χ3v) is 4.42. The van der Waals surface area contributed by atoms with Crippen LogP contribution in [0.3, 0.4) is 0 Å². The van der Waals surface area contributed by atoms with Gasteiger partial charge >= 0.3 is 0 Å². The van der Waals surface area contributed by atoms with Crippen LogP contribution in [0.5, 0.6) is 5.75 Å². The first-order valence-corrected chi connectivity index (χ1v) is 8.43. The second kappa shape index (κ2) is 7.69. The van der Waals surface area contributed by atoms with Gasteiger partial charge in [-0.3, -0.25) is 9.36 Å². The highest BCUT2D eigenvalue weighted by Crippen LogP contribution is 2.26. The molecule has 0 bridgehead atoms. The zero-order chi connectivity index (χ0) is 16.9. The van der Waals surface area contributed by atoms with E-state index in [9.17, 15) is 4.79 Å². The lowest BCUT2D eigenvalue weighted by atomic mass is 10.2. The number of fused-ring (bicyclic) bond motifs is 1. The summed E-state index contributed by atoms with van der Waals surface area (Å²) in [6, 6.07) is 12.5. The number of para-hydroxylation sites is 1. The maximum absolute atomic E-state index is 12.3. The summed E-state index contributed by atoms with van der Waals surface area (Å²) < 4.78 is 7.27. The average Bonchev–Trinajstić information content (AvgIpc) is 2.60. The third-order valence-electron chi connectivity index (χ3n) is 3.68. The number of hydrogen-bond acceptors (Lipinski definition) is 3. The number of benzene rings is 2. The molecule has 24 heavy (non-hydrogen) atoms. The highest BCUT2D eigenvalue weighted by Gasteiger charge is 2.03. The number of nitrogens with zero attached hydrogens (tertiary/aromatic N) is 2. The van der Waals surface area contributed by atoms with Gasteiger partial charge in [-0.05, 0) is 37.1 Å². The molecule has 0 unspecified atom stereocenters. The van der Waals surface area contributed by atoms with Crippen molar-refractivity contribution in [1.82, 2.24) is 9.55 Å². The molecule has 0 atom stereocenters. The van der Waals surface area contributed by atoms with Gasteiger partial charge in [0.05, 0.1) is 33.9 Å². The molecule has 3 aromatic rings. The summed E-state index contributed by atoms with van der Waals surface area (Å²) in [6.45, 7) is 1.16. The predicted octanol–water partition coefficient (Wildman–Crippen LogP) is 4.56. The van der Waals surface area contributed by atoms with Crippen molar-refractivity contribution in [3.63, 3.8) is 0 Å². The monoisotopic (exact) mass is 362 g/mol. The Kier molecular flexibility index (Phi) is 5.38. The quantitative estimate of drug-likeness (QED) is 0.603. The van der Waals surface area contributed by atoms with Crippen LogP contribution < -0.4 is 10.3 Å². The van der Waals surface area contributed by atoms with E-state index in [1.807, 2.05) is 18.2 Å². The van der Waals surface area contributed by atoms with Crippen LogP contribution in [0.2, 0.25) is 10.0 Å². The van der Waals surface area contributed by atoms with Crippen molar-refractivity contribution in [3.8, 4) is 5.75 Å². The van der Waals surface area contributed by atoms with Gasteiger partial charge in [0.1, 0.15) is 5.75 Å². The fourth-order valence-electron chi connectivity index (χ4n) is 2.41. The molecule has 124 valence electrons. The minimum absolute atomic E-state index is 0.00833. The highest BCUT2D eigenvalue weighted by atomic mass is 35.5. The molecule has 0 spiro atoms. The van der Waals surface area contributed by atoms with Crippen molar-refractivity contribution >= 4 is 34.1 Å². The summed E-state index contributed by atoms with van der Waals surface area (Å²) in [5.74, 6) is 0.689. The Labute approximate surface area is 149 Å². The fourth-order valence-corrected chi connectivity index (χ4v) is 2.69. The molecule has 0 saturated carbocycles. The molecule has 0 aliphatic heterocycles. The van der Waals surface area contributed by atoms with E-state index < -0.39 is 0 Å². The van der Waals surface area contributed by atoms with E-state index in [0.717, 1.165) is 18.4 Å². The molecule has 3 rings (SSSR count). The van der Waals surface area contributed by atoms with Crippen molar-refractivity contribution in [2.75, 3.05) is 6.61 Å². The molecule has 6 heteroatoms. The van der Waals surface area contributed by atoms with E-state index in [4.69, 9.17) is 27.9 Å². The number of ether oxygens (including phenoxy) is 1. The van der Waals surface area contributed by atoms with Gasteiger partial charge in [0.25, 0.3) is 5.56 Å². The van der Waals surface area contributed by atoms with Gasteiger partial charge < -0.3 is 4.74 Å². The Hall–Kier alpha value is -2.04. The molecule has 4 nitrogen and oxygen atoms in total. The second-order valence-corrected chi connectivity index (χ2v) is 6.21. The SMILES string of the molecule is O=c1c2ccccc2ncn1CCCCOc1ccc(Cl)c(Cl)c1. The van der Waals surface area contributed by atoms with Crippen molar-refractivity contribution in [1.29, 1.82) is 0 Å². The lowest BCUT2D eigenvalue weighted by molar-refractivity contribution is 0.303. The maximum Gasteiger partial charge on any atom is 0.261 e. The van der Waals surface area contributed by atoms with E-state index in [2.05, 4.69) is 4.98 Å². The fraction of sp³-hybridized carbons (Fsp3) is 0.222. The van der Waals surface area contributed by atoms with Crippen LogP contribution in [0.1, 0.15) is 12.8 Å². The normalized spacial score (nSPS) is 10.9. The molecule has 0 fully saturated rings. The van der Waals surface area contributed by atoms with E-state index in [-0.39, 0.29) is 5.56 Å². The van der Waals surface area contributed by atoms with Crippen LogP contribution in [-0.2, 0) is 6.54 Å². The first-order valence-electron chi connectivity index (χ1n) is 7.67. The Morgan fingerprint density at radius 1 is 1.04 bits per heavy atom. The third kappa shape index (κ3) is 3.89. The number of aryl methyl sites for hydroxylation is 1. The van der Waals surface area contributed by atoms with E-state index >= 15 is 0 Å². The number of unbranched alkanes of at least 4 members (excludes halogenated alkanes) is 1. The zero-order valence-corrected chi connectivity index (χ0v) is 14.4. The molecule has 0 saturated heterocycles. The molecule has 0 amide bonds. The molecule has 0 N–H and O–H groups in total. The first kappa shape index (κ1) is 16.8. The lowest BCUT2D eigenvalue weighted by Crippen LogP contribution is -2.20. The molecule has 1 heterocycles. The van der Waals surface area contributed by atoms with Crippen LogP contribution in [0.25, 0.3) is 10.9 Å². The molecule has 2 aromatic carbocycles. The standard InChI is InChI=1S/C18H16Cl2N2O2/c19-15-8-7-13(11-16(15)20)24-10-4-3-9-22-12-21-17-6-2-1-5-14(17)18(22)23/h1-2,5-8,11-12H,3-4,9-10H2. The van der Waals surface area contributed by atoms with Crippen LogP contribution in [0.4, 0.5) is 0 Å². The van der Waals surface area contributed by atoms with Gasteiger partial charge in [-0.1, -0.05) is 35.3 Å².